The van der Waals surface area contributed by atoms with Crippen LogP contribution in [0, 0.1) is 6.92 Å². The van der Waals surface area contributed by atoms with Gasteiger partial charge in [0.05, 0.1) is 17.2 Å². The molecule has 0 aliphatic carbocycles. The van der Waals surface area contributed by atoms with Gasteiger partial charge in [0.15, 0.2) is 5.69 Å². The predicted octanol–water partition coefficient (Wildman–Crippen LogP) is 4.87. The quantitative estimate of drug-likeness (QED) is 0.627. The number of aromatic nitrogens is 1. The Bertz CT molecular complexity index is 922. The Morgan fingerprint density at radius 1 is 1.15 bits per heavy atom. The molecular weight excluding hydrogens is 368 g/mol. The maximum Gasteiger partial charge on any atom is 0.278 e. The maximum atomic E-state index is 12.6. The van der Waals surface area contributed by atoms with E-state index in [0.717, 1.165) is 5.75 Å². The maximum absolute atomic E-state index is 12.6. The molecule has 27 heavy (non-hydrogen) atoms. The summed E-state index contributed by atoms with van der Waals surface area (Å²) in [5, 5.41) is 7.15. The van der Waals surface area contributed by atoms with E-state index in [1.54, 1.807) is 43.3 Å². The minimum atomic E-state index is -0.381. The van der Waals surface area contributed by atoms with Gasteiger partial charge in [-0.1, -0.05) is 28.9 Å². The largest absolute Gasteiger partial charge is 0.494 e. The first kappa shape index (κ1) is 18.8. The highest BCUT2D eigenvalue weighted by Gasteiger charge is 2.21. The summed E-state index contributed by atoms with van der Waals surface area (Å²) < 4.78 is 16.3. The van der Waals surface area contributed by atoms with Gasteiger partial charge in [-0.25, -0.2) is 0 Å². The molecule has 3 rings (SSSR count). The predicted molar refractivity (Wildman–Crippen MR) is 103 cm³/mol. The molecule has 3 aromatic rings. The molecular formula is C20H19ClN2O4. The van der Waals surface area contributed by atoms with Crippen LogP contribution in [0.15, 0.2) is 53.1 Å². The summed E-state index contributed by atoms with van der Waals surface area (Å²) in [6.45, 7) is 4.34. The molecule has 1 aromatic heterocycles. The Labute approximate surface area is 162 Å². The smallest absolute Gasteiger partial charge is 0.278 e. The lowest BCUT2D eigenvalue weighted by molar-refractivity contribution is 0.101. The second-order valence-electron chi connectivity index (χ2n) is 5.70. The number of nitrogens with zero attached hydrogens (tertiary/aromatic N) is 1. The number of halogens is 1. The fourth-order valence-corrected chi connectivity index (χ4v) is 2.63. The minimum Gasteiger partial charge on any atom is -0.494 e. The molecule has 0 radical (unpaired) electrons. The highest BCUT2D eigenvalue weighted by Crippen LogP contribution is 2.25. The zero-order valence-corrected chi connectivity index (χ0v) is 15.7. The Kier molecular flexibility index (Phi) is 5.98. The second kappa shape index (κ2) is 8.60. The fourth-order valence-electron chi connectivity index (χ4n) is 2.44. The Morgan fingerprint density at radius 2 is 1.89 bits per heavy atom. The third-order valence-corrected chi connectivity index (χ3v) is 4.14. The van der Waals surface area contributed by atoms with Gasteiger partial charge in [0.25, 0.3) is 5.91 Å². The number of para-hydroxylation sites is 1. The van der Waals surface area contributed by atoms with Crippen molar-refractivity contribution < 1.29 is 18.8 Å². The molecule has 0 saturated carbocycles. The van der Waals surface area contributed by atoms with E-state index in [4.69, 9.17) is 25.6 Å². The van der Waals surface area contributed by atoms with Crippen molar-refractivity contribution in [1.82, 2.24) is 5.16 Å². The molecule has 1 N–H and O–H groups in total. The molecule has 0 fully saturated rings. The van der Waals surface area contributed by atoms with Crippen molar-refractivity contribution in [2.45, 2.75) is 20.5 Å². The van der Waals surface area contributed by atoms with Crippen LogP contribution in [0.2, 0.25) is 5.02 Å². The van der Waals surface area contributed by atoms with E-state index in [9.17, 15) is 4.79 Å². The standard InChI is InChI=1S/C20H19ClN2O4/c1-3-25-15-10-8-14(9-11-15)22-20(24)19-16(13(2)27-23-19)12-26-18-7-5-4-6-17(18)21/h4-11H,3,12H2,1-2H3,(H,22,24). The van der Waals surface area contributed by atoms with Crippen molar-refractivity contribution in [1.29, 1.82) is 0 Å². The van der Waals surface area contributed by atoms with Crippen LogP contribution >= 0.6 is 11.6 Å². The monoisotopic (exact) mass is 386 g/mol. The number of ether oxygens (including phenoxy) is 2. The van der Waals surface area contributed by atoms with Crippen LogP contribution in [0.1, 0.15) is 28.7 Å². The topological polar surface area (TPSA) is 73.6 Å². The average molecular weight is 387 g/mol. The van der Waals surface area contributed by atoms with Crippen LogP contribution < -0.4 is 14.8 Å². The number of anilines is 1. The van der Waals surface area contributed by atoms with E-state index in [1.165, 1.54) is 0 Å². The average Bonchev–Trinajstić information content (AvgIpc) is 3.03. The van der Waals surface area contributed by atoms with Gasteiger partial charge in [-0.05, 0) is 50.2 Å². The normalized spacial score (nSPS) is 10.5. The third-order valence-electron chi connectivity index (χ3n) is 3.83. The van der Waals surface area contributed by atoms with Crippen molar-refractivity contribution in [3.8, 4) is 11.5 Å². The molecule has 1 heterocycles. The lowest BCUT2D eigenvalue weighted by atomic mass is 10.2. The first-order chi connectivity index (χ1) is 13.1. The summed E-state index contributed by atoms with van der Waals surface area (Å²) in [4.78, 5) is 12.6. The highest BCUT2D eigenvalue weighted by molar-refractivity contribution is 6.32. The number of benzene rings is 2. The van der Waals surface area contributed by atoms with Crippen molar-refractivity contribution in [2.24, 2.45) is 0 Å². The number of nitrogens with one attached hydrogen (secondary N) is 1. The van der Waals surface area contributed by atoms with Crippen LogP contribution in [0.25, 0.3) is 0 Å². The lowest BCUT2D eigenvalue weighted by Gasteiger charge is -2.09. The molecule has 0 saturated heterocycles. The molecule has 1 amide bonds. The summed E-state index contributed by atoms with van der Waals surface area (Å²) in [7, 11) is 0. The fraction of sp³-hybridized carbons (Fsp3) is 0.200. The molecule has 0 bridgehead atoms. The van der Waals surface area contributed by atoms with Crippen LogP contribution in [-0.4, -0.2) is 17.7 Å². The van der Waals surface area contributed by atoms with Gasteiger partial charge in [-0.15, -0.1) is 0 Å². The Balaban J connectivity index is 1.71. The molecule has 0 unspecified atom stereocenters. The molecule has 6 nitrogen and oxygen atoms in total. The van der Waals surface area contributed by atoms with Crippen LogP contribution in [0.3, 0.4) is 0 Å². The van der Waals surface area contributed by atoms with Crippen molar-refractivity contribution in [3.05, 3.63) is 70.6 Å². The van der Waals surface area contributed by atoms with Gasteiger partial charge in [0.2, 0.25) is 0 Å². The van der Waals surface area contributed by atoms with Crippen molar-refractivity contribution in [2.75, 3.05) is 11.9 Å². The SMILES string of the molecule is CCOc1ccc(NC(=O)c2noc(C)c2COc2ccccc2Cl)cc1. The van der Waals surface area contributed by atoms with Crippen LogP contribution in [0.5, 0.6) is 11.5 Å². The molecule has 7 heteroatoms. The summed E-state index contributed by atoms with van der Waals surface area (Å²) in [6.07, 6.45) is 0. The number of carbonyl (C=O) groups is 1. The van der Waals surface area contributed by atoms with Gasteiger partial charge >= 0.3 is 0 Å². The number of aryl methyl sites for hydroxylation is 1. The van der Waals surface area contributed by atoms with Crippen LogP contribution in [0.4, 0.5) is 5.69 Å². The molecule has 0 spiro atoms. The second-order valence-corrected chi connectivity index (χ2v) is 6.10. The first-order valence-corrected chi connectivity index (χ1v) is 8.83. The molecule has 0 aliphatic rings. The molecule has 0 atom stereocenters. The van der Waals surface area contributed by atoms with Gasteiger partial charge in [0.1, 0.15) is 23.9 Å². The third kappa shape index (κ3) is 4.60. The zero-order valence-electron chi connectivity index (χ0n) is 15.0. The Hall–Kier alpha value is -2.99. The summed E-state index contributed by atoms with van der Waals surface area (Å²) in [5.41, 5.74) is 1.37. The number of amides is 1. The lowest BCUT2D eigenvalue weighted by Crippen LogP contribution is -2.15. The van der Waals surface area contributed by atoms with Gasteiger partial charge in [-0.3, -0.25) is 4.79 Å². The van der Waals surface area contributed by atoms with E-state index in [-0.39, 0.29) is 18.2 Å². The number of hydrogen-bond acceptors (Lipinski definition) is 5. The van der Waals surface area contributed by atoms with E-state index < -0.39 is 0 Å². The van der Waals surface area contributed by atoms with E-state index in [1.807, 2.05) is 19.1 Å². The summed E-state index contributed by atoms with van der Waals surface area (Å²) in [5.74, 6) is 1.40. The van der Waals surface area contributed by atoms with Gasteiger partial charge in [-0.2, -0.15) is 0 Å². The first-order valence-electron chi connectivity index (χ1n) is 8.45. The summed E-state index contributed by atoms with van der Waals surface area (Å²) >= 11 is 6.10. The van der Waals surface area contributed by atoms with Crippen molar-refractivity contribution in [3.63, 3.8) is 0 Å². The van der Waals surface area contributed by atoms with Crippen molar-refractivity contribution >= 4 is 23.2 Å². The molecule has 0 aliphatic heterocycles. The number of rotatable bonds is 7. The number of carbonyl (C=O) groups excluding carboxylic acids is 1. The van der Waals surface area contributed by atoms with E-state index in [2.05, 4.69) is 10.5 Å². The van der Waals surface area contributed by atoms with E-state index >= 15 is 0 Å². The zero-order chi connectivity index (χ0) is 19.2. The number of hydrogen-bond donors (Lipinski definition) is 1. The minimum absolute atomic E-state index is 0.116. The van der Waals surface area contributed by atoms with Gasteiger partial charge < -0.3 is 19.3 Å². The van der Waals surface area contributed by atoms with Crippen LogP contribution in [-0.2, 0) is 6.61 Å². The highest BCUT2D eigenvalue weighted by atomic mass is 35.5. The molecule has 2 aromatic carbocycles. The van der Waals surface area contributed by atoms with E-state index in [0.29, 0.717) is 34.4 Å². The molecule has 140 valence electrons. The summed E-state index contributed by atoms with van der Waals surface area (Å²) in [6, 6.07) is 14.2. The van der Waals surface area contributed by atoms with Gasteiger partial charge in [0, 0.05) is 5.69 Å². The Morgan fingerprint density at radius 3 is 2.59 bits per heavy atom.